The summed E-state index contributed by atoms with van der Waals surface area (Å²) in [6.45, 7) is 10.1. The summed E-state index contributed by atoms with van der Waals surface area (Å²) in [5.74, 6) is -4.02. The van der Waals surface area contributed by atoms with Gasteiger partial charge in [0.1, 0.15) is 0 Å². The number of carbonyl (C=O) groups is 3. The van der Waals surface area contributed by atoms with Gasteiger partial charge < -0.3 is 28.9 Å². The van der Waals surface area contributed by atoms with Crippen LogP contribution in [0.4, 0.5) is 0 Å². The third-order valence-electron chi connectivity index (χ3n) is 2.29. The van der Waals surface area contributed by atoms with Crippen LogP contribution in [0.5, 0.6) is 0 Å². The zero-order chi connectivity index (χ0) is 24.1. The molecule has 0 spiro atoms. The molecular formula is C15H18Cl3O9PS3. The van der Waals surface area contributed by atoms with Crippen LogP contribution >= 0.6 is 78.7 Å². The van der Waals surface area contributed by atoms with Crippen LogP contribution in [-0.2, 0) is 28.0 Å². The van der Waals surface area contributed by atoms with E-state index in [1.807, 2.05) is 0 Å². The average Bonchev–Trinajstić information content (AvgIpc) is 2.67. The van der Waals surface area contributed by atoms with E-state index in [2.05, 4.69) is 19.7 Å². The fraction of sp³-hybridized carbons (Fsp3) is 0.400. The molecule has 0 aliphatic rings. The van der Waals surface area contributed by atoms with Crippen molar-refractivity contribution in [3.05, 3.63) is 34.8 Å². The summed E-state index contributed by atoms with van der Waals surface area (Å²) in [4.78, 5) is 35.9. The molecule has 0 saturated heterocycles. The van der Waals surface area contributed by atoms with E-state index in [1.54, 1.807) is 0 Å². The highest BCUT2D eigenvalue weighted by molar-refractivity contribution is 8.01. The van der Waals surface area contributed by atoms with Gasteiger partial charge in [-0.15, -0.1) is 35.3 Å². The summed E-state index contributed by atoms with van der Waals surface area (Å²) >= 11 is 18.5. The van der Waals surface area contributed by atoms with Crippen LogP contribution in [0.25, 0.3) is 0 Å². The fourth-order valence-corrected chi connectivity index (χ4v) is 4.33. The lowest BCUT2D eigenvalue weighted by Crippen LogP contribution is -2.25. The molecule has 0 rings (SSSR count). The third kappa shape index (κ3) is 15.3. The maximum Gasteiger partial charge on any atom is 0.537 e. The summed E-state index contributed by atoms with van der Waals surface area (Å²) in [6, 6.07) is 0. The number of aliphatic hydroxyl groups excluding tert-OH is 3. The van der Waals surface area contributed by atoms with Gasteiger partial charge in [0.15, 0.2) is 16.3 Å². The van der Waals surface area contributed by atoms with Gasteiger partial charge in [0, 0.05) is 32.4 Å². The van der Waals surface area contributed by atoms with Crippen molar-refractivity contribution in [2.45, 2.75) is 16.3 Å². The number of carbonyl (C=O) groups excluding carboxylic acids is 3. The minimum atomic E-state index is -3.09. The Hall–Kier alpha value is -0.140. The highest BCUT2D eigenvalue weighted by atomic mass is 35.5. The zero-order valence-corrected chi connectivity index (χ0v) is 21.2. The van der Waals surface area contributed by atoms with Crippen LogP contribution in [0.15, 0.2) is 34.8 Å². The summed E-state index contributed by atoms with van der Waals surface area (Å²) in [5.41, 5.74) is -5.35. The Morgan fingerprint density at radius 1 is 0.677 bits per heavy atom. The lowest BCUT2D eigenvalue weighted by atomic mass is 10.7. The van der Waals surface area contributed by atoms with Crippen LogP contribution in [0.3, 0.4) is 0 Å². The second-order valence-corrected chi connectivity index (χ2v) is 10.8. The molecule has 0 heterocycles. The Morgan fingerprint density at radius 2 is 0.903 bits per heavy atom. The normalized spacial score (nSPS) is 14.5. The largest absolute Gasteiger partial charge is 0.537 e. The van der Waals surface area contributed by atoms with Gasteiger partial charge in [-0.1, -0.05) is 54.5 Å². The van der Waals surface area contributed by atoms with Crippen molar-refractivity contribution in [2.24, 2.45) is 0 Å². The van der Waals surface area contributed by atoms with Crippen LogP contribution in [0.2, 0.25) is 0 Å². The standard InChI is InChI=1S/C15H18Cl3O9PS3/c1-7(16)4-29-13(22)10(19)25-28(26-11(20)14(23)30-5-8(2)17)27-12(21)15(24)31-6-9(3)18/h13-15,22-24H,1-6H2. The molecular weight excluding hydrogens is 558 g/mol. The molecule has 3 atom stereocenters. The molecule has 0 saturated carbocycles. The van der Waals surface area contributed by atoms with Crippen molar-refractivity contribution in [1.82, 2.24) is 0 Å². The van der Waals surface area contributed by atoms with Crippen molar-refractivity contribution in [1.29, 1.82) is 0 Å². The second kappa shape index (κ2) is 16.5. The lowest BCUT2D eigenvalue weighted by molar-refractivity contribution is -0.148. The quantitative estimate of drug-likeness (QED) is 0.195. The predicted octanol–water partition coefficient (Wildman–Crippen LogP) is 3.26. The second-order valence-electron chi connectivity index (χ2n) is 5.00. The molecule has 0 aliphatic heterocycles. The van der Waals surface area contributed by atoms with Crippen molar-refractivity contribution < 1.29 is 43.3 Å². The van der Waals surface area contributed by atoms with Crippen LogP contribution in [0.1, 0.15) is 0 Å². The molecule has 0 aromatic heterocycles. The Kier molecular flexibility index (Phi) is 16.4. The van der Waals surface area contributed by atoms with Crippen molar-refractivity contribution in [3.8, 4) is 0 Å². The van der Waals surface area contributed by atoms with E-state index < -0.39 is 42.8 Å². The average molecular weight is 576 g/mol. The van der Waals surface area contributed by atoms with E-state index in [0.29, 0.717) is 35.3 Å². The molecule has 3 N–H and O–H groups in total. The van der Waals surface area contributed by atoms with E-state index >= 15 is 0 Å². The molecule has 0 aromatic carbocycles. The van der Waals surface area contributed by atoms with E-state index in [4.69, 9.17) is 48.4 Å². The molecule has 3 unspecified atom stereocenters. The molecule has 0 fully saturated rings. The number of halogens is 3. The first-order chi connectivity index (χ1) is 14.3. The molecule has 0 bridgehead atoms. The summed E-state index contributed by atoms with van der Waals surface area (Å²) in [5, 5.41) is 29.7. The first-order valence-electron chi connectivity index (χ1n) is 7.67. The molecule has 0 aliphatic carbocycles. The molecule has 0 amide bonds. The van der Waals surface area contributed by atoms with Crippen molar-refractivity contribution in [2.75, 3.05) is 17.3 Å². The van der Waals surface area contributed by atoms with Crippen LogP contribution in [-0.4, -0.2) is 66.8 Å². The van der Waals surface area contributed by atoms with Gasteiger partial charge in [0.2, 0.25) is 0 Å². The van der Waals surface area contributed by atoms with E-state index in [1.165, 1.54) is 0 Å². The van der Waals surface area contributed by atoms with Gasteiger partial charge in [0.25, 0.3) is 0 Å². The van der Waals surface area contributed by atoms with Gasteiger partial charge in [0.05, 0.1) is 0 Å². The van der Waals surface area contributed by atoms with E-state index in [9.17, 15) is 29.7 Å². The number of hydrogen-bond donors (Lipinski definition) is 3. The summed E-state index contributed by atoms with van der Waals surface area (Å²) < 4.78 is 14.1. The Labute approximate surface area is 207 Å². The third-order valence-corrected chi connectivity index (χ3v) is 7.23. The lowest BCUT2D eigenvalue weighted by Gasteiger charge is -2.19. The van der Waals surface area contributed by atoms with Crippen molar-refractivity contribution in [3.63, 3.8) is 0 Å². The molecule has 176 valence electrons. The molecule has 0 radical (unpaired) electrons. The maximum absolute atomic E-state index is 12.0. The molecule has 31 heavy (non-hydrogen) atoms. The number of rotatable bonds is 15. The molecule has 0 aromatic rings. The van der Waals surface area contributed by atoms with Gasteiger partial charge in [-0.2, -0.15) is 0 Å². The summed E-state index contributed by atoms with van der Waals surface area (Å²) in [6.07, 6.45) is 0. The minimum absolute atomic E-state index is 0.00927. The highest BCUT2D eigenvalue weighted by Gasteiger charge is 2.35. The number of hydrogen-bond acceptors (Lipinski definition) is 12. The van der Waals surface area contributed by atoms with E-state index in [-0.39, 0.29) is 32.4 Å². The minimum Gasteiger partial charge on any atom is -0.372 e. The highest BCUT2D eigenvalue weighted by Crippen LogP contribution is 2.43. The topological polar surface area (TPSA) is 140 Å². The Bertz CT molecular complexity index is 608. The number of aliphatic hydroxyl groups is 3. The number of thioether (sulfide) groups is 3. The zero-order valence-electron chi connectivity index (χ0n) is 15.6. The van der Waals surface area contributed by atoms with Crippen molar-refractivity contribution >= 4 is 96.6 Å². The molecule has 16 heteroatoms. The van der Waals surface area contributed by atoms with Gasteiger partial charge in [-0.3, -0.25) is 0 Å². The first kappa shape index (κ1) is 30.9. The Balaban J connectivity index is 5.14. The fourth-order valence-electron chi connectivity index (χ4n) is 1.12. The van der Waals surface area contributed by atoms with Gasteiger partial charge in [-0.05, 0) is 0 Å². The Morgan fingerprint density at radius 3 is 1.10 bits per heavy atom. The maximum atomic E-state index is 12.0. The predicted molar refractivity (Wildman–Crippen MR) is 126 cm³/mol. The van der Waals surface area contributed by atoms with Gasteiger partial charge >= 0.3 is 26.5 Å². The first-order valence-corrected chi connectivity index (χ1v) is 13.1. The monoisotopic (exact) mass is 574 g/mol. The van der Waals surface area contributed by atoms with Gasteiger partial charge in [-0.25, -0.2) is 14.4 Å². The summed E-state index contributed by atoms with van der Waals surface area (Å²) in [7, 11) is -3.09. The molecule has 9 nitrogen and oxygen atoms in total. The van der Waals surface area contributed by atoms with Crippen LogP contribution < -0.4 is 0 Å². The SMILES string of the molecule is C=C(Cl)CSC(O)C(=O)OP(OC(=O)C(O)SCC(=C)Cl)OC(=O)C(O)SCC(=C)Cl. The smallest absolute Gasteiger partial charge is 0.372 e. The van der Waals surface area contributed by atoms with Crippen LogP contribution in [0, 0.1) is 0 Å². The van der Waals surface area contributed by atoms with E-state index in [0.717, 1.165) is 0 Å².